The van der Waals surface area contributed by atoms with Crippen LogP contribution in [0.3, 0.4) is 0 Å². The number of aromatic nitrogens is 3. The van der Waals surface area contributed by atoms with Crippen LogP contribution in [-0.2, 0) is 6.54 Å². The monoisotopic (exact) mass is 313 g/mol. The smallest absolute Gasteiger partial charge is 0.273 e. The Morgan fingerprint density at radius 1 is 1.35 bits per heavy atom. The summed E-state index contributed by atoms with van der Waals surface area (Å²) in [6.07, 6.45) is 2.21. The van der Waals surface area contributed by atoms with E-state index in [-0.39, 0.29) is 5.91 Å². The van der Waals surface area contributed by atoms with Gasteiger partial charge in [0.15, 0.2) is 5.69 Å². The number of nitrogens with one attached hydrogen (secondary N) is 2. The summed E-state index contributed by atoms with van der Waals surface area (Å²) in [5.41, 5.74) is 2.39. The zero-order valence-electron chi connectivity index (χ0n) is 13.5. The van der Waals surface area contributed by atoms with Crippen molar-refractivity contribution in [2.24, 2.45) is 5.92 Å². The molecule has 3 rings (SSSR count). The maximum Gasteiger partial charge on any atom is 0.273 e. The third kappa shape index (κ3) is 4.16. The molecule has 1 aromatic heterocycles. The van der Waals surface area contributed by atoms with Gasteiger partial charge in [-0.2, -0.15) is 15.4 Å². The Hall–Kier alpha value is -2.21. The van der Waals surface area contributed by atoms with Gasteiger partial charge in [0.2, 0.25) is 0 Å². The van der Waals surface area contributed by atoms with E-state index in [2.05, 4.69) is 56.0 Å². The Balaban J connectivity index is 1.39. The van der Waals surface area contributed by atoms with E-state index in [0.29, 0.717) is 23.9 Å². The van der Waals surface area contributed by atoms with Gasteiger partial charge in [0.1, 0.15) is 0 Å². The first-order chi connectivity index (χ1) is 11.2. The number of hydrogen-bond acceptors (Lipinski definition) is 4. The van der Waals surface area contributed by atoms with E-state index in [0.717, 1.165) is 26.1 Å². The van der Waals surface area contributed by atoms with Gasteiger partial charge in [-0.05, 0) is 37.8 Å². The van der Waals surface area contributed by atoms with E-state index in [1.807, 2.05) is 0 Å². The minimum Gasteiger partial charge on any atom is -0.351 e. The van der Waals surface area contributed by atoms with E-state index in [9.17, 15) is 4.79 Å². The molecule has 1 aliphatic heterocycles. The van der Waals surface area contributed by atoms with E-state index in [4.69, 9.17) is 0 Å². The molecule has 1 saturated heterocycles. The number of H-pyrrole nitrogens is 1. The first kappa shape index (κ1) is 15.7. The highest BCUT2D eigenvalue weighted by Gasteiger charge is 2.22. The average Bonchev–Trinajstić information content (AvgIpc) is 3.17. The highest BCUT2D eigenvalue weighted by atomic mass is 16.2. The van der Waals surface area contributed by atoms with Crippen molar-refractivity contribution in [2.75, 3.05) is 19.6 Å². The van der Waals surface area contributed by atoms with Crippen LogP contribution in [0.4, 0.5) is 0 Å². The first-order valence-corrected chi connectivity index (χ1v) is 8.14. The third-order valence-electron chi connectivity index (χ3n) is 4.39. The van der Waals surface area contributed by atoms with E-state index >= 15 is 0 Å². The molecule has 0 saturated carbocycles. The number of hydrogen-bond donors (Lipinski definition) is 2. The fraction of sp³-hybridized carbons (Fsp3) is 0.471. The van der Waals surface area contributed by atoms with E-state index < -0.39 is 0 Å². The second-order valence-corrected chi connectivity index (χ2v) is 6.18. The minimum absolute atomic E-state index is 0.143. The topological polar surface area (TPSA) is 73.9 Å². The Labute approximate surface area is 136 Å². The quantitative estimate of drug-likeness (QED) is 0.852. The molecule has 0 spiro atoms. The Kier molecular flexibility index (Phi) is 5.02. The van der Waals surface area contributed by atoms with Crippen LogP contribution < -0.4 is 5.32 Å². The van der Waals surface area contributed by atoms with Crippen molar-refractivity contribution in [1.82, 2.24) is 25.6 Å². The fourth-order valence-corrected chi connectivity index (χ4v) is 3.11. The summed E-state index contributed by atoms with van der Waals surface area (Å²) in [6, 6.07) is 10.6. The fourth-order valence-electron chi connectivity index (χ4n) is 3.11. The maximum absolute atomic E-state index is 12.0. The molecule has 1 atom stereocenters. The molecule has 6 heteroatoms. The highest BCUT2D eigenvalue weighted by Crippen LogP contribution is 2.21. The number of aromatic amines is 1. The van der Waals surface area contributed by atoms with E-state index in [1.54, 1.807) is 6.92 Å². The average molecular weight is 313 g/mol. The second kappa shape index (κ2) is 7.37. The molecule has 1 amide bonds. The van der Waals surface area contributed by atoms with Crippen molar-refractivity contribution in [2.45, 2.75) is 26.3 Å². The number of amides is 1. The highest BCUT2D eigenvalue weighted by molar-refractivity contribution is 5.93. The van der Waals surface area contributed by atoms with Crippen molar-refractivity contribution in [3.05, 3.63) is 47.3 Å². The number of aryl methyl sites for hydroxylation is 1. The van der Waals surface area contributed by atoms with Crippen LogP contribution >= 0.6 is 0 Å². The van der Waals surface area contributed by atoms with Crippen LogP contribution in [0.25, 0.3) is 0 Å². The van der Waals surface area contributed by atoms with Crippen LogP contribution in [-0.4, -0.2) is 45.9 Å². The molecule has 1 aliphatic rings. The van der Waals surface area contributed by atoms with Gasteiger partial charge in [0, 0.05) is 19.6 Å². The van der Waals surface area contributed by atoms with Gasteiger partial charge in [0.25, 0.3) is 5.91 Å². The van der Waals surface area contributed by atoms with Crippen LogP contribution in [0.2, 0.25) is 0 Å². The summed E-state index contributed by atoms with van der Waals surface area (Å²) >= 11 is 0. The SMILES string of the molecule is Cc1n[nH]nc1C(=O)NCC[C@H]1CCN(Cc2ccccc2)C1. The summed E-state index contributed by atoms with van der Waals surface area (Å²) < 4.78 is 0. The summed E-state index contributed by atoms with van der Waals surface area (Å²) in [5, 5.41) is 13.1. The number of nitrogens with zero attached hydrogens (tertiary/aromatic N) is 3. The molecule has 2 heterocycles. The lowest BCUT2D eigenvalue weighted by molar-refractivity contribution is 0.0946. The Morgan fingerprint density at radius 3 is 2.91 bits per heavy atom. The molecule has 2 aromatic rings. The molecule has 1 aromatic carbocycles. The maximum atomic E-state index is 12.0. The molecular weight excluding hydrogens is 290 g/mol. The number of carbonyl (C=O) groups excluding carboxylic acids is 1. The van der Waals surface area contributed by atoms with Gasteiger partial charge in [-0.1, -0.05) is 30.3 Å². The number of carbonyl (C=O) groups is 1. The summed E-state index contributed by atoms with van der Waals surface area (Å²) in [6.45, 7) is 5.72. The van der Waals surface area contributed by atoms with Gasteiger partial charge in [0.05, 0.1) is 5.69 Å². The van der Waals surface area contributed by atoms with Gasteiger partial charge >= 0.3 is 0 Å². The van der Waals surface area contributed by atoms with Crippen molar-refractivity contribution < 1.29 is 4.79 Å². The molecule has 122 valence electrons. The van der Waals surface area contributed by atoms with Gasteiger partial charge < -0.3 is 5.32 Å². The van der Waals surface area contributed by atoms with Gasteiger partial charge in [-0.3, -0.25) is 9.69 Å². The zero-order valence-corrected chi connectivity index (χ0v) is 13.5. The van der Waals surface area contributed by atoms with Crippen molar-refractivity contribution in [1.29, 1.82) is 0 Å². The zero-order chi connectivity index (χ0) is 16.1. The lowest BCUT2D eigenvalue weighted by atomic mass is 10.1. The molecular formula is C17H23N5O. The molecule has 0 aliphatic carbocycles. The lowest BCUT2D eigenvalue weighted by Crippen LogP contribution is -2.27. The molecule has 6 nitrogen and oxygen atoms in total. The standard InChI is InChI=1S/C17H23N5O/c1-13-16(20-21-19-13)17(23)18-9-7-15-8-10-22(12-15)11-14-5-3-2-4-6-14/h2-6,15H,7-12H2,1H3,(H,18,23)(H,19,20,21)/t15-/m0/s1. The predicted octanol–water partition coefficient (Wildman–Crippen LogP) is 1.76. The molecule has 0 unspecified atom stereocenters. The normalized spacial score (nSPS) is 18.2. The van der Waals surface area contributed by atoms with Crippen molar-refractivity contribution >= 4 is 5.91 Å². The predicted molar refractivity (Wildman–Crippen MR) is 87.9 cm³/mol. The molecule has 1 fully saturated rings. The molecule has 0 radical (unpaired) electrons. The summed E-state index contributed by atoms with van der Waals surface area (Å²) in [4.78, 5) is 14.5. The van der Waals surface area contributed by atoms with Crippen molar-refractivity contribution in [3.63, 3.8) is 0 Å². The number of likely N-dealkylation sites (tertiary alicyclic amines) is 1. The summed E-state index contributed by atoms with van der Waals surface area (Å²) in [7, 11) is 0. The van der Waals surface area contributed by atoms with Gasteiger partial charge in [-0.25, -0.2) is 0 Å². The Bertz CT molecular complexity index is 639. The van der Waals surface area contributed by atoms with Crippen LogP contribution in [0.5, 0.6) is 0 Å². The number of benzene rings is 1. The first-order valence-electron chi connectivity index (χ1n) is 8.14. The third-order valence-corrected chi connectivity index (χ3v) is 4.39. The molecule has 2 N–H and O–H groups in total. The van der Waals surface area contributed by atoms with Gasteiger partial charge in [-0.15, -0.1) is 0 Å². The largest absolute Gasteiger partial charge is 0.351 e. The van der Waals surface area contributed by atoms with Crippen LogP contribution in [0.1, 0.15) is 34.6 Å². The minimum atomic E-state index is -0.143. The van der Waals surface area contributed by atoms with Crippen LogP contribution in [0, 0.1) is 12.8 Å². The molecule has 23 heavy (non-hydrogen) atoms. The molecule has 0 bridgehead atoms. The second-order valence-electron chi connectivity index (χ2n) is 6.18. The number of rotatable bonds is 6. The van der Waals surface area contributed by atoms with Crippen LogP contribution in [0.15, 0.2) is 30.3 Å². The Morgan fingerprint density at radius 2 is 2.17 bits per heavy atom. The van der Waals surface area contributed by atoms with Crippen molar-refractivity contribution in [3.8, 4) is 0 Å². The van der Waals surface area contributed by atoms with E-state index in [1.165, 1.54) is 12.0 Å². The lowest BCUT2D eigenvalue weighted by Gasteiger charge is -2.16. The summed E-state index contributed by atoms with van der Waals surface area (Å²) in [5.74, 6) is 0.507.